The van der Waals surface area contributed by atoms with E-state index in [2.05, 4.69) is 26.8 Å². The van der Waals surface area contributed by atoms with Crippen molar-refractivity contribution in [2.24, 2.45) is 11.8 Å². The fourth-order valence-electron chi connectivity index (χ4n) is 4.33. The first-order chi connectivity index (χ1) is 12.5. The van der Waals surface area contributed by atoms with Crippen LogP contribution in [-0.2, 0) is 9.59 Å². The van der Waals surface area contributed by atoms with E-state index in [1.807, 2.05) is 24.2 Å². The van der Waals surface area contributed by atoms with Crippen molar-refractivity contribution in [1.29, 1.82) is 0 Å². The van der Waals surface area contributed by atoms with Gasteiger partial charge in [-0.05, 0) is 24.8 Å². The van der Waals surface area contributed by atoms with Gasteiger partial charge in [-0.3, -0.25) is 9.59 Å². The predicted octanol–water partition coefficient (Wildman–Crippen LogP) is 2.00. The second kappa shape index (κ2) is 6.70. The highest BCUT2D eigenvalue weighted by atomic mass is 16.2. The number of Topliss-reactive ketones (excluding diaryl/α,β-unsaturated/α-hetero) is 1. The van der Waals surface area contributed by atoms with Crippen LogP contribution in [0.15, 0.2) is 18.6 Å². The van der Waals surface area contributed by atoms with Crippen LogP contribution < -0.4 is 4.90 Å². The Labute approximate surface area is 152 Å². The summed E-state index contributed by atoms with van der Waals surface area (Å²) in [6, 6.07) is 2.18. The van der Waals surface area contributed by atoms with Gasteiger partial charge in [-0.15, -0.1) is 0 Å². The van der Waals surface area contributed by atoms with E-state index >= 15 is 0 Å². The Kier molecular flexibility index (Phi) is 4.38. The van der Waals surface area contributed by atoms with Crippen molar-refractivity contribution in [3.05, 3.63) is 18.6 Å². The lowest BCUT2D eigenvalue weighted by molar-refractivity contribution is -0.137. The minimum atomic E-state index is -0.114. The highest BCUT2D eigenvalue weighted by Gasteiger charge is 2.37. The van der Waals surface area contributed by atoms with Gasteiger partial charge in [0.05, 0.1) is 11.4 Å². The number of fused-ring (bicyclic) bond motifs is 1. The van der Waals surface area contributed by atoms with Crippen LogP contribution in [0.2, 0.25) is 0 Å². The van der Waals surface area contributed by atoms with Crippen LogP contribution in [-0.4, -0.2) is 57.7 Å². The Balaban J connectivity index is 1.54. The second-order valence-corrected chi connectivity index (χ2v) is 7.64. The third-order valence-electron chi connectivity index (χ3n) is 5.99. The molecule has 2 aromatic rings. The summed E-state index contributed by atoms with van der Waals surface area (Å²) in [5.74, 6) is 1.60. The van der Waals surface area contributed by atoms with E-state index in [0.29, 0.717) is 31.7 Å². The predicted molar refractivity (Wildman–Crippen MR) is 98.8 cm³/mol. The number of anilines is 1. The highest BCUT2D eigenvalue weighted by Crippen LogP contribution is 2.31. The highest BCUT2D eigenvalue weighted by molar-refractivity contribution is 5.90. The Morgan fingerprint density at radius 1 is 1.35 bits per heavy atom. The molecule has 1 saturated carbocycles. The summed E-state index contributed by atoms with van der Waals surface area (Å²) in [7, 11) is 2.04. The third-order valence-corrected chi connectivity index (χ3v) is 5.99. The number of aromatic amines is 1. The lowest BCUT2D eigenvalue weighted by Crippen LogP contribution is -2.53. The minimum absolute atomic E-state index is 0.114. The summed E-state index contributed by atoms with van der Waals surface area (Å²) >= 11 is 0. The number of H-pyrrole nitrogens is 1. The number of aromatic nitrogens is 3. The number of hydrogen-bond donors (Lipinski definition) is 1. The van der Waals surface area contributed by atoms with Crippen molar-refractivity contribution >= 4 is 28.5 Å². The monoisotopic (exact) mass is 355 g/mol. The number of amides is 1. The van der Waals surface area contributed by atoms with Gasteiger partial charge in [-0.25, -0.2) is 9.97 Å². The van der Waals surface area contributed by atoms with Gasteiger partial charge in [-0.1, -0.05) is 6.92 Å². The van der Waals surface area contributed by atoms with Crippen molar-refractivity contribution < 1.29 is 9.59 Å². The normalized spacial score (nSPS) is 26.5. The topological polar surface area (TPSA) is 82.2 Å². The zero-order valence-corrected chi connectivity index (χ0v) is 15.3. The van der Waals surface area contributed by atoms with Gasteiger partial charge in [-0.2, -0.15) is 0 Å². The molecular weight excluding hydrogens is 330 g/mol. The van der Waals surface area contributed by atoms with Crippen molar-refractivity contribution in [2.75, 3.05) is 25.0 Å². The Bertz CT molecular complexity index is 832. The first-order valence-electron chi connectivity index (χ1n) is 9.36. The largest absolute Gasteiger partial charge is 0.354 e. The fourth-order valence-corrected chi connectivity index (χ4v) is 4.33. The summed E-state index contributed by atoms with van der Waals surface area (Å²) in [5.41, 5.74) is 0.822. The zero-order valence-electron chi connectivity index (χ0n) is 15.3. The number of carbonyl (C=O) groups excluding carboxylic acids is 2. The molecule has 7 nitrogen and oxygen atoms in total. The van der Waals surface area contributed by atoms with Gasteiger partial charge in [0.15, 0.2) is 0 Å². The van der Waals surface area contributed by atoms with Gasteiger partial charge in [0.2, 0.25) is 5.91 Å². The van der Waals surface area contributed by atoms with Gasteiger partial charge in [0, 0.05) is 45.1 Å². The maximum Gasteiger partial charge on any atom is 0.226 e. The maximum absolute atomic E-state index is 12.9. The Morgan fingerprint density at radius 2 is 2.19 bits per heavy atom. The average Bonchev–Trinajstić information content (AvgIpc) is 3.29. The molecule has 138 valence electrons. The molecule has 1 amide bonds. The van der Waals surface area contributed by atoms with E-state index in [1.54, 1.807) is 6.33 Å². The lowest BCUT2D eigenvalue weighted by Gasteiger charge is -2.42. The Hall–Kier alpha value is -2.44. The fraction of sp³-hybridized carbons (Fsp3) is 0.579. The maximum atomic E-state index is 12.9. The SMILES string of the molecule is C[C@@H]1CCN(C(=O)C2CCC(=O)C2)C[C@@H]1N(C)c1ncnc2[nH]ccc12. The molecule has 2 aromatic heterocycles. The summed E-state index contributed by atoms with van der Waals surface area (Å²) in [5, 5.41) is 0.993. The molecule has 1 unspecified atom stereocenters. The molecule has 1 saturated heterocycles. The van der Waals surface area contributed by atoms with Crippen LogP contribution in [0.1, 0.15) is 32.6 Å². The van der Waals surface area contributed by atoms with Crippen LogP contribution in [0.3, 0.4) is 0 Å². The molecule has 4 rings (SSSR count). The quantitative estimate of drug-likeness (QED) is 0.911. The number of piperidine rings is 1. The summed E-state index contributed by atoms with van der Waals surface area (Å²) in [6.07, 6.45) is 6.08. The second-order valence-electron chi connectivity index (χ2n) is 7.64. The van der Waals surface area contributed by atoms with Gasteiger partial charge >= 0.3 is 0 Å². The number of carbonyl (C=O) groups is 2. The van der Waals surface area contributed by atoms with Crippen LogP contribution in [0, 0.1) is 11.8 Å². The number of likely N-dealkylation sites (tertiary alicyclic amines) is 1. The average molecular weight is 355 g/mol. The number of nitrogens with one attached hydrogen (secondary N) is 1. The number of hydrogen-bond acceptors (Lipinski definition) is 5. The van der Waals surface area contributed by atoms with E-state index in [0.717, 1.165) is 29.8 Å². The smallest absolute Gasteiger partial charge is 0.226 e. The van der Waals surface area contributed by atoms with Crippen LogP contribution in [0.4, 0.5) is 5.82 Å². The molecule has 3 heterocycles. The minimum Gasteiger partial charge on any atom is -0.354 e. The van der Waals surface area contributed by atoms with Crippen LogP contribution in [0.5, 0.6) is 0 Å². The molecule has 1 aliphatic heterocycles. The molecule has 0 spiro atoms. The Morgan fingerprint density at radius 3 is 2.96 bits per heavy atom. The number of rotatable bonds is 3. The first-order valence-corrected chi connectivity index (χ1v) is 9.36. The van der Waals surface area contributed by atoms with Crippen molar-refractivity contribution in [2.45, 2.75) is 38.6 Å². The molecule has 26 heavy (non-hydrogen) atoms. The van der Waals surface area contributed by atoms with E-state index in [9.17, 15) is 9.59 Å². The van der Waals surface area contributed by atoms with Crippen molar-refractivity contribution in [1.82, 2.24) is 19.9 Å². The molecule has 0 bridgehead atoms. The molecular formula is C19H25N5O2. The first kappa shape index (κ1) is 17.0. The lowest BCUT2D eigenvalue weighted by atomic mass is 9.91. The molecule has 0 radical (unpaired) electrons. The van der Waals surface area contributed by atoms with E-state index in [1.165, 1.54) is 0 Å². The molecule has 1 N–H and O–H groups in total. The molecule has 2 aliphatic rings. The van der Waals surface area contributed by atoms with Crippen molar-refractivity contribution in [3.8, 4) is 0 Å². The molecule has 7 heteroatoms. The molecule has 0 aromatic carbocycles. The van der Waals surface area contributed by atoms with Crippen LogP contribution in [0.25, 0.3) is 11.0 Å². The van der Waals surface area contributed by atoms with E-state index in [-0.39, 0.29) is 23.7 Å². The number of nitrogens with zero attached hydrogens (tertiary/aromatic N) is 4. The van der Waals surface area contributed by atoms with E-state index < -0.39 is 0 Å². The number of likely N-dealkylation sites (N-methyl/N-ethyl adjacent to an activating group) is 1. The molecule has 3 atom stereocenters. The summed E-state index contributed by atoms with van der Waals surface area (Å²) in [4.78, 5) is 40.4. The van der Waals surface area contributed by atoms with Crippen LogP contribution >= 0.6 is 0 Å². The third kappa shape index (κ3) is 2.95. The van der Waals surface area contributed by atoms with Gasteiger partial charge < -0.3 is 14.8 Å². The number of ketones is 1. The summed E-state index contributed by atoms with van der Waals surface area (Å²) in [6.45, 7) is 3.69. The summed E-state index contributed by atoms with van der Waals surface area (Å²) < 4.78 is 0. The zero-order chi connectivity index (χ0) is 18.3. The molecule has 1 aliphatic carbocycles. The van der Waals surface area contributed by atoms with E-state index in [4.69, 9.17) is 0 Å². The van der Waals surface area contributed by atoms with Crippen molar-refractivity contribution in [3.63, 3.8) is 0 Å². The van der Waals surface area contributed by atoms with Gasteiger partial charge in [0.25, 0.3) is 0 Å². The van der Waals surface area contributed by atoms with Gasteiger partial charge in [0.1, 0.15) is 23.6 Å². The molecule has 2 fully saturated rings. The standard InChI is InChI=1S/C19H25N5O2/c1-12-6-8-24(19(26)13-3-4-14(25)9-13)10-16(12)23(2)18-15-5-7-20-17(15)21-11-22-18/h5,7,11-13,16H,3-4,6,8-10H2,1-2H3,(H,20,21,22)/t12-,13?,16+/m1/s1.